The van der Waals surface area contributed by atoms with Crippen LogP contribution in [-0.2, 0) is 14.3 Å². The summed E-state index contributed by atoms with van der Waals surface area (Å²) < 4.78 is 6.01. The van der Waals surface area contributed by atoms with E-state index in [0.717, 1.165) is 6.54 Å². The predicted octanol–water partition coefficient (Wildman–Crippen LogP) is 5.46. The molecule has 3 aliphatic rings. The molecule has 5 nitrogen and oxygen atoms in total. The summed E-state index contributed by atoms with van der Waals surface area (Å²) >= 11 is 0. The maximum absolute atomic E-state index is 12.9. The molecule has 0 spiro atoms. The molecular formula is C26H46N2O3. The Kier molecular flexibility index (Phi) is 8.10. The smallest absolute Gasteiger partial charge is 0.307 e. The lowest BCUT2D eigenvalue weighted by atomic mass is 9.78. The third-order valence-corrected chi connectivity index (χ3v) is 7.94. The van der Waals surface area contributed by atoms with E-state index >= 15 is 0 Å². The van der Waals surface area contributed by atoms with E-state index in [4.69, 9.17) is 4.74 Å². The molecule has 0 aromatic rings. The first-order chi connectivity index (χ1) is 14.6. The van der Waals surface area contributed by atoms with E-state index in [1.807, 2.05) is 4.90 Å². The average molecular weight is 435 g/mol. The summed E-state index contributed by atoms with van der Waals surface area (Å²) in [6.07, 6.45) is 15.0. The Morgan fingerprint density at radius 3 is 1.71 bits per heavy atom. The van der Waals surface area contributed by atoms with E-state index < -0.39 is 0 Å². The normalized spacial score (nSPS) is 25.5. The van der Waals surface area contributed by atoms with Crippen molar-refractivity contribution in [1.82, 2.24) is 9.80 Å². The molecule has 178 valence electrons. The second kappa shape index (κ2) is 10.2. The summed E-state index contributed by atoms with van der Waals surface area (Å²) in [5, 5.41) is 0. The minimum absolute atomic E-state index is 0.0653. The summed E-state index contributed by atoms with van der Waals surface area (Å²) in [6.45, 7) is 10.8. The van der Waals surface area contributed by atoms with E-state index in [9.17, 15) is 9.59 Å². The molecule has 1 heterocycles. The highest BCUT2D eigenvalue weighted by Gasteiger charge is 2.47. The summed E-state index contributed by atoms with van der Waals surface area (Å²) in [6, 6.07) is 1.31. The summed E-state index contributed by atoms with van der Waals surface area (Å²) in [5.74, 6) is 0.0277. The largest absolute Gasteiger partial charge is 0.462 e. The zero-order valence-corrected chi connectivity index (χ0v) is 20.8. The SMILES string of the molecule is CC(=O)N1C(C)(C)CC(OC(=O)CCN(C2CCCCC2)C2CCCCC2)CC1(C)C. The van der Waals surface area contributed by atoms with Crippen LogP contribution in [0, 0.1) is 0 Å². The molecule has 1 amide bonds. The number of nitrogens with zero attached hydrogens (tertiary/aromatic N) is 2. The van der Waals surface area contributed by atoms with Gasteiger partial charge in [-0.2, -0.15) is 0 Å². The van der Waals surface area contributed by atoms with E-state index in [-0.39, 0.29) is 29.1 Å². The number of hydrogen-bond donors (Lipinski definition) is 0. The molecule has 0 radical (unpaired) electrons. The molecule has 1 aliphatic heterocycles. The first-order valence-corrected chi connectivity index (χ1v) is 12.9. The number of likely N-dealkylation sites (tertiary alicyclic amines) is 1. The molecule has 0 atom stereocenters. The molecule has 3 rings (SSSR count). The van der Waals surface area contributed by atoms with Crippen LogP contribution in [-0.4, -0.2) is 57.5 Å². The van der Waals surface area contributed by atoms with Crippen molar-refractivity contribution in [3.63, 3.8) is 0 Å². The first-order valence-electron chi connectivity index (χ1n) is 12.9. The van der Waals surface area contributed by atoms with E-state index in [0.29, 0.717) is 31.3 Å². The first kappa shape index (κ1) is 24.5. The van der Waals surface area contributed by atoms with Crippen LogP contribution in [0.2, 0.25) is 0 Å². The number of carbonyl (C=O) groups excluding carboxylic acids is 2. The Hall–Kier alpha value is -1.10. The Morgan fingerprint density at radius 1 is 0.839 bits per heavy atom. The molecule has 3 fully saturated rings. The van der Waals surface area contributed by atoms with E-state index in [1.54, 1.807) is 6.92 Å². The molecule has 1 saturated heterocycles. The highest BCUT2D eigenvalue weighted by atomic mass is 16.5. The summed E-state index contributed by atoms with van der Waals surface area (Å²) in [5.41, 5.74) is -0.622. The quantitative estimate of drug-likeness (QED) is 0.521. The molecule has 0 N–H and O–H groups in total. The van der Waals surface area contributed by atoms with Gasteiger partial charge in [0, 0.05) is 49.5 Å². The Bertz CT molecular complexity index is 582. The molecule has 2 aliphatic carbocycles. The lowest BCUT2D eigenvalue weighted by Gasteiger charge is -2.54. The second-order valence-corrected chi connectivity index (χ2v) is 11.6. The number of hydrogen-bond acceptors (Lipinski definition) is 4. The maximum atomic E-state index is 12.9. The van der Waals surface area contributed by atoms with Crippen molar-refractivity contribution in [2.24, 2.45) is 0 Å². The molecule has 2 saturated carbocycles. The van der Waals surface area contributed by atoms with Crippen LogP contribution >= 0.6 is 0 Å². The highest BCUT2D eigenvalue weighted by Crippen LogP contribution is 2.40. The van der Waals surface area contributed by atoms with Crippen LogP contribution in [0.1, 0.15) is 118 Å². The summed E-state index contributed by atoms with van der Waals surface area (Å²) in [7, 11) is 0. The van der Waals surface area contributed by atoms with Gasteiger partial charge < -0.3 is 9.64 Å². The van der Waals surface area contributed by atoms with Gasteiger partial charge in [0.15, 0.2) is 0 Å². The molecule has 0 aromatic heterocycles. The monoisotopic (exact) mass is 434 g/mol. The molecule has 0 aromatic carbocycles. The summed E-state index contributed by atoms with van der Waals surface area (Å²) in [4.78, 5) is 29.8. The predicted molar refractivity (Wildman–Crippen MR) is 125 cm³/mol. The number of piperidine rings is 1. The number of carbonyl (C=O) groups is 2. The van der Waals surface area contributed by atoms with Crippen LogP contribution < -0.4 is 0 Å². The van der Waals surface area contributed by atoms with Gasteiger partial charge in [0.05, 0.1) is 6.42 Å². The molecule has 0 unspecified atom stereocenters. The van der Waals surface area contributed by atoms with Crippen LogP contribution in [0.15, 0.2) is 0 Å². The van der Waals surface area contributed by atoms with Gasteiger partial charge in [0.25, 0.3) is 0 Å². The lowest BCUT2D eigenvalue weighted by Crippen LogP contribution is -2.63. The van der Waals surface area contributed by atoms with Gasteiger partial charge in [-0.05, 0) is 53.4 Å². The fraction of sp³-hybridized carbons (Fsp3) is 0.923. The zero-order valence-electron chi connectivity index (χ0n) is 20.8. The third-order valence-electron chi connectivity index (χ3n) is 7.94. The van der Waals surface area contributed by atoms with Crippen LogP contribution in [0.3, 0.4) is 0 Å². The highest BCUT2D eigenvalue weighted by molar-refractivity contribution is 5.75. The topological polar surface area (TPSA) is 49.9 Å². The Balaban J connectivity index is 1.58. The number of esters is 1. The maximum Gasteiger partial charge on any atom is 0.307 e. The van der Waals surface area contributed by atoms with Gasteiger partial charge >= 0.3 is 5.97 Å². The van der Waals surface area contributed by atoms with Crippen LogP contribution in [0.4, 0.5) is 0 Å². The zero-order chi connectivity index (χ0) is 22.6. The van der Waals surface area contributed by atoms with Gasteiger partial charge in [-0.3, -0.25) is 14.5 Å². The molecule has 31 heavy (non-hydrogen) atoms. The van der Waals surface area contributed by atoms with Crippen molar-refractivity contribution in [3.05, 3.63) is 0 Å². The van der Waals surface area contributed by atoms with Crippen molar-refractivity contribution in [3.8, 4) is 0 Å². The van der Waals surface area contributed by atoms with Gasteiger partial charge in [-0.1, -0.05) is 38.5 Å². The third kappa shape index (κ3) is 6.24. The van der Waals surface area contributed by atoms with Crippen molar-refractivity contribution < 1.29 is 14.3 Å². The van der Waals surface area contributed by atoms with Crippen LogP contribution in [0.25, 0.3) is 0 Å². The molecule has 5 heteroatoms. The van der Waals surface area contributed by atoms with E-state index in [1.165, 1.54) is 64.2 Å². The fourth-order valence-electron chi connectivity index (χ4n) is 7.08. The minimum Gasteiger partial charge on any atom is -0.462 e. The number of ether oxygens (including phenoxy) is 1. The van der Waals surface area contributed by atoms with Gasteiger partial charge in [0.1, 0.15) is 6.10 Å². The van der Waals surface area contributed by atoms with Crippen LogP contribution in [0.5, 0.6) is 0 Å². The minimum atomic E-state index is -0.311. The number of rotatable bonds is 6. The van der Waals surface area contributed by atoms with E-state index in [2.05, 4.69) is 32.6 Å². The fourth-order valence-corrected chi connectivity index (χ4v) is 7.08. The average Bonchev–Trinajstić information content (AvgIpc) is 2.67. The van der Waals surface area contributed by atoms with Crippen molar-refractivity contribution in [2.45, 2.75) is 147 Å². The molecule has 0 bridgehead atoms. The molecular weight excluding hydrogens is 388 g/mol. The van der Waals surface area contributed by atoms with Crippen molar-refractivity contribution >= 4 is 11.9 Å². The Morgan fingerprint density at radius 2 is 1.29 bits per heavy atom. The van der Waals surface area contributed by atoms with Gasteiger partial charge in [0.2, 0.25) is 5.91 Å². The standard InChI is InChI=1S/C26H46N2O3/c1-20(29)28-25(2,3)18-23(19-26(28,4)5)31-24(30)16-17-27(21-12-8-6-9-13-21)22-14-10-7-11-15-22/h21-23H,6-19H2,1-5H3. The lowest BCUT2D eigenvalue weighted by molar-refractivity contribution is -0.166. The van der Waals surface area contributed by atoms with Gasteiger partial charge in [-0.25, -0.2) is 0 Å². The van der Waals surface area contributed by atoms with Crippen molar-refractivity contribution in [1.29, 1.82) is 0 Å². The van der Waals surface area contributed by atoms with Crippen molar-refractivity contribution in [2.75, 3.05) is 6.54 Å². The van der Waals surface area contributed by atoms with Gasteiger partial charge in [-0.15, -0.1) is 0 Å². The number of amides is 1. The Labute approximate surface area is 190 Å². The second-order valence-electron chi connectivity index (χ2n) is 11.6.